The molecule has 1 aromatic carbocycles. The third-order valence-electron chi connectivity index (χ3n) is 2.96. The first-order chi connectivity index (χ1) is 7.09. The molecule has 1 unspecified atom stereocenters. The third kappa shape index (κ3) is 1.77. The van der Waals surface area contributed by atoms with Crippen LogP contribution in [0.25, 0.3) is 10.9 Å². The Morgan fingerprint density at radius 2 is 2.13 bits per heavy atom. The van der Waals surface area contributed by atoms with Gasteiger partial charge in [0.2, 0.25) is 0 Å². The number of aromatic nitrogens is 1. The van der Waals surface area contributed by atoms with Crippen molar-refractivity contribution in [2.45, 2.75) is 26.3 Å². The number of benzene rings is 1. The summed E-state index contributed by atoms with van der Waals surface area (Å²) in [6.07, 6.45) is 0.945. The maximum Gasteiger partial charge on any atom is 0.0482 e. The van der Waals surface area contributed by atoms with Crippen molar-refractivity contribution in [2.75, 3.05) is 0 Å². The number of rotatable bonds is 2. The highest BCUT2D eigenvalue weighted by Gasteiger charge is 2.07. The maximum absolute atomic E-state index is 5.85. The minimum Gasteiger partial charge on any atom is -0.348 e. The van der Waals surface area contributed by atoms with E-state index in [1.54, 1.807) is 0 Å². The molecular formula is C13H18N2. The van der Waals surface area contributed by atoms with Crippen LogP contribution >= 0.6 is 0 Å². The van der Waals surface area contributed by atoms with Gasteiger partial charge in [0.1, 0.15) is 0 Å². The van der Waals surface area contributed by atoms with E-state index in [9.17, 15) is 0 Å². The van der Waals surface area contributed by atoms with Crippen molar-refractivity contribution < 1.29 is 0 Å². The van der Waals surface area contributed by atoms with Gasteiger partial charge in [-0.1, -0.05) is 12.1 Å². The summed E-state index contributed by atoms with van der Waals surface area (Å²) in [6.45, 7) is 4.18. The molecule has 2 heteroatoms. The van der Waals surface area contributed by atoms with E-state index in [1.165, 1.54) is 22.2 Å². The summed E-state index contributed by atoms with van der Waals surface area (Å²) in [4.78, 5) is 0. The van der Waals surface area contributed by atoms with E-state index in [-0.39, 0.29) is 6.04 Å². The van der Waals surface area contributed by atoms with E-state index in [4.69, 9.17) is 5.73 Å². The number of aryl methyl sites for hydroxylation is 2. The van der Waals surface area contributed by atoms with Crippen molar-refractivity contribution in [1.82, 2.24) is 4.57 Å². The fourth-order valence-corrected chi connectivity index (χ4v) is 2.08. The first kappa shape index (κ1) is 10.2. The molecule has 1 heterocycles. The van der Waals surface area contributed by atoms with E-state index >= 15 is 0 Å². The van der Waals surface area contributed by atoms with E-state index in [1.807, 2.05) is 0 Å². The Morgan fingerprint density at radius 1 is 1.40 bits per heavy atom. The molecule has 0 saturated heterocycles. The minimum atomic E-state index is 0.219. The SMILES string of the molecule is Cc1cc2c(CC(C)N)cccc2n1C. The lowest BCUT2D eigenvalue weighted by molar-refractivity contribution is 0.741. The molecule has 1 aromatic heterocycles. The van der Waals surface area contributed by atoms with E-state index in [2.05, 4.69) is 49.7 Å². The molecule has 2 N–H and O–H groups in total. The summed E-state index contributed by atoms with van der Waals surface area (Å²) >= 11 is 0. The van der Waals surface area contributed by atoms with Crippen LogP contribution in [0.1, 0.15) is 18.2 Å². The van der Waals surface area contributed by atoms with Crippen LogP contribution in [0.2, 0.25) is 0 Å². The highest BCUT2D eigenvalue weighted by molar-refractivity contribution is 5.84. The van der Waals surface area contributed by atoms with Crippen LogP contribution in [0.3, 0.4) is 0 Å². The molecule has 1 atom stereocenters. The van der Waals surface area contributed by atoms with Gasteiger partial charge >= 0.3 is 0 Å². The van der Waals surface area contributed by atoms with Gasteiger partial charge in [-0.25, -0.2) is 0 Å². The van der Waals surface area contributed by atoms with Gasteiger partial charge in [-0.2, -0.15) is 0 Å². The van der Waals surface area contributed by atoms with Crippen LogP contribution in [-0.2, 0) is 13.5 Å². The highest BCUT2D eigenvalue weighted by Crippen LogP contribution is 2.22. The molecule has 15 heavy (non-hydrogen) atoms. The van der Waals surface area contributed by atoms with Gasteiger partial charge in [-0.15, -0.1) is 0 Å². The third-order valence-corrected chi connectivity index (χ3v) is 2.96. The van der Waals surface area contributed by atoms with Crippen LogP contribution in [0.4, 0.5) is 0 Å². The fourth-order valence-electron chi connectivity index (χ4n) is 2.08. The quantitative estimate of drug-likeness (QED) is 0.796. The molecule has 80 valence electrons. The van der Waals surface area contributed by atoms with E-state index in [0.29, 0.717) is 0 Å². The largest absolute Gasteiger partial charge is 0.348 e. The van der Waals surface area contributed by atoms with Crippen LogP contribution in [0, 0.1) is 6.92 Å². The number of fused-ring (bicyclic) bond motifs is 1. The Morgan fingerprint density at radius 3 is 2.80 bits per heavy atom. The Balaban J connectivity index is 2.61. The normalized spacial score (nSPS) is 13.3. The van der Waals surface area contributed by atoms with Crippen molar-refractivity contribution in [2.24, 2.45) is 12.8 Å². The lowest BCUT2D eigenvalue weighted by Crippen LogP contribution is -2.17. The second kappa shape index (κ2) is 3.70. The van der Waals surface area contributed by atoms with Crippen molar-refractivity contribution in [3.05, 3.63) is 35.5 Å². The van der Waals surface area contributed by atoms with Gasteiger partial charge in [0.25, 0.3) is 0 Å². The zero-order valence-electron chi connectivity index (χ0n) is 9.62. The summed E-state index contributed by atoms with van der Waals surface area (Å²) in [7, 11) is 2.10. The second-order valence-corrected chi connectivity index (χ2v) is 4.38. The van der Waals surface area contributed by atoms with E-state index < -0.39 is 0 Å². The Labute approximate surface area is 90.7 Å². The molecule has 0 saturated carbocycles. The number of hydrogen-bond acceptors (Lipinski definition) is 1. The summed E-state index contributed by atoms with van der Waals surface area (Å²) in [5.74, 6) is 0. The van der Waals surface area contributed by atoms with Gasteiger partial charge in [0.05, 0.1) is 0 Å². The van der Waals surface area contributed by atoms with Gasteiger partial charge in [0.15, 0.2) is 0 Å². The maximum atomic E-state index is 5.85. The zero-order valence-corrected chi connectivity index (χ0v) is 9.62. The van der Waals surface area contributed by atoms with Crippen LogP contribution in [0.15, 0.2) is 24.3 Å². The van der Waals surface area contributed by atoms with E-state index in [0.717, 1.165) is 6.42 Å². The minimum absolute atomic E-state index is 0.219. The number of hydrogen-bond donors (Lipinski definition) is 1. The van der Waals surface area contributed by atoms with Crippen molar-refractivity contribution in [3.8, 4) is 0 Å². The van der Waals surface area contributed by atoms with Crippen molar-refractivity contribution >= 4 is 10.9 Å². The Kier molecular flexibility index (Phi) is 2.53. The predicted octanol–water partition coefficient (Wildman–Crippen LogP) is 2.38. The summed E-state index contributed by atoms with van der Waals surface area (Å²) in [5.41, 5.74) is 9.80. The molecule has 2 rings (SSSR count). The van der Waals surface area contributed by atoms with Gasteiger partial charge in [-0.3, -0.25) is 0 Å². The standard InChI is InChI=1S/C13H18N2/c1-9(14)7-11-5-4-6-13-12(11)8-10(2)15(13)3/h4-6,8-9H,7,14H2,1-3H3. The Hall–Kier alpha value is -1.28. The summed E-state index contributed by atoms with van der Waals surface area (Å²) in [6, 6.07) is 8.90. The molecule has 0 aliphatic carbocycles. The smallest absolute Gasteiger partial charge is 0.0482 e. The molecule has 0 radical (unpaired) electrons. The molecular weight excluding hydrogens is 184 g/mol. The molecule has 0 spiro atoms. The van der Waals surface area contributed by atoms with Crippen LogP contribution < -0.4 is 5.73 Å². The average Bonchev–Trinajstić information content (AvgIpc) is 2.45. The molecule has 0 aliphatic heterocycles. The zero-order chi connectivity index (χ0) is 11.0. The molecule has 0 fully saturated rings. The lowest BCUT2D eigenvalue weighted by Gasteiger charge is -2.07. The van der Waals surface area contributed by atoms with Gasteiger partial charge < -0.3 is 10.3 Å². The number of nitrogens with zero attached hydrogens (tertiary/aromatic N) is 1. The fraction of sp³-hybridized carbons (Fsp3) is 0.385. The predicted molar refractivity (Wildman–Crippen MR) is 65.0 cm³/mol. The molecule has 2 aromatic rings. The number of nitrogens with two attached hydrogens (primary N) is 1. The van der Waals surface area contributed by atoms with Crippen LogP contribution in [0.5, 0.6) is 0 Å². The molecule has 2 nitrogen and oxygen atoms in total. The van der Waals surface area contributed by atoms with Crippen molar-refractivity contribution in [3.63, 3.8) is 0 Å². The monoisotopic (exact) mass is 202 g/mol. The molecule has 0 bridgehead atoms. The molecule has 0 aliphatic rings. The summed E-state index contributed by atoms with van der Waals surface area (Å²) in [5, 5.41) is 1.34. The summed E-state index contributed by atoms with van der Waals surface area (Å²) < 4.78 is 2.22. The Bertz CT molecular complexity index is 480. The lowest BCUT2D eigenvalue weighted by atomic mass is 10.0. The highest BCUT2D eigenvalue weighted by atomic mass is 14.9. The first-order valence-electron chi connectivity index (χ1n) is 5.39. The van der Waals surface area contributed by atoms with Gasteiger partial charge in [-0.05, 0) is 38.0 Å². The van der Waals surface area contributed by atoms with Crippen LogP contribution in [-0.4, -0.2) is 10.6 Å². The second-order valence-electron chi connectivity index (χ2n) is 4.38. The van der Waals surface area contributed by atoms with Crippen molar-refractivity contribution in [1.29, 1.82) is 0 Å². The first-order valence-corrected chi connectivity index (χ1v) is 5.39. The average molecular weight is 202 g/mol. The molecule has 0 amide bonds. The topological polar surface area (TPSA) is 30.9 Å². The van der Waals surface area contributed by atoms with Gasteiger partial charge in [0, 0.05) is 29.7 Å².